The number of para-hydroxylation sites is 1. The monoisotopic (exact) mass is 451 g/mol. The molecule has 0 radical (unpaired) electrons. The van der Waals surface area contributed by atoms with Gasteiger partial charge >= 0.3 is 5.63 Å². The van der Waals surface area contributed by atoms with Gasteiger partial charge in [-0.3, -0.25) is 14.4 Å². The summed E-state index contributed by atoms with van der Waals surface area (Å²) in [6.07, 6.45) is 2.98. The van der Waals surface area contributed by atoms with Crippen molar-refractivity contribution in [3.63, 3.8) is 0 Å². The zero-order chi connectivity index (χ0) is 23.5. The van der Waals surface area contributed by atoms with Crippen molar-refractivity contribution in [3.05, 3.63) is 74.5 Å². The molecule has 33 heavy (non-hydrogen) atoms. The number of aromatic nitrogens is 1. The first-order valence-electron chi connectivity index (χ1n) is 10.7. The summed E-state index contributed by atoms with van der Waals surface area (Å²) >= 11 is 0. The van der Waals surface area contributed by atoms with Crippen LogP contribution in [0.1, 0.15) is 33.6 Å². The Hall–Kier alpha value is -3.88. The lowest BCUT2D eigenvalue weighted by Crippen LogP contribution is -2.43. The molecule has 1 N–H and O–H groups in total. The number of fused-ring (bicyclic) bond motifs is 1. The number of hydrogen-bond acceptors (Lipinski definition) is 6. The van der Waals surface area contributed by atoms with E-state index in [-0.39, 0.29) is 28.5 Å². The molecule has 3 heterocycles. The normalized spacial score (nSPS) is 14.3. The van der Waals surface area contributed by atoms with Crippen LogP contribution in [0.3, 0.4) is 0 Å². The predicted molar refractivity (Wildman–Crippen MR) is 122 cm³/mol. The van der Waals surface area contributed by atoms with Crippen LogP contribution in [0.15, 0.2) is 56.6 Å². The fourth-order valence-electron chi connectivity index (χ4n) is 4.04. The van der Waals surface area contributed by atoms with Crippen molar-refractivity contribution in [1.29, 1.82) is 0 Å². The van der Waals surface area contributed by atoms with Gasteiger partial charge in [0.25, 0.3) is 17.4 Å². The summed E-state index contributed by atoms with van der Waals surface area (Å²) in [4.78, 5) is 51.6. The van der Waals surface area contributed by atoms with Gasteiger partial charge in [-0.25, -0.2) is 4.79 Å². The van der Waals surface area contributed by atoms with E-state index >= 15 is 0 Å². The molecule has 2 amide bonds. The van der Waals surface area contributed by atoms with Gasteiger partial charge in [0.1, 0.15) is 11.1 Å². The maximum Gasteiger partial charge on any atom is 0.349 e. The molecule has 1 aromatic carbocycles. The first kappa shape index (κ1) is 22.3. The number of aryl methyl sites for hydroxylation is 1. The van der Waals surface area contributed by atoms with E-state index in [4.69, 9.17) is 9.15 Å². The molecule has 0 atom stereocenters. The average Bonchev–Trinajstić information content (AvgIpc) is 2.83. The Morgan fingerprint density at radius 3 is 2.61 bits per heavy atom. The van der Waals surface area contributed by atoms with Crippen LogP contribution in [0.5, 0.6) is 5.75 Å². The number of nitrogens with zero attached hydrogens (tertiary/aromatic N) is 2. The third-order valence-electron chi connectivity index (χ3n) is 6.00. The van der Waals surface area contributed by atoms with E-state index in [2.05, 4.69) is 5.32 Å². The van der Waals surface area contributed by atoms with Gasteiger partial charge in [0, 0.05) is 38.3 Å². The fourth-order valence-corrected chi connectivity index (χ4v) is 4.04. The van der Waals surface area contributed by atoms with E-state index in [1.807, 2.05) is 0 Å². The molecule has 1 aliphatic heterocycles. The molecule has 9 heteroatoms. The number of rotatable bonds is 5. The summed E-state index contributed by atoms with van der Waals surface area (Å²) in [6, 6.07) is 9.89. The van der Waals surface area contributed by atoms with Gasteiger partial charge in [-0.05, 0) is 43.0 Å². The van der Waals surface area contributed by atoms with Crippen molar-refractivity contribution < 1.29 is 18.7 Å². The lowest BCUT2D eigenvalue weighted by Gasteiger charge is -2.32. The predicted octanol–water partition coefficient (Wildman–Crippen LogP) is 1.78. The van der Waals surface area contributed by atoms with E-state index in [0.29, 0.717) is 49.2 Å². The van der Waals surface area contributed by atoms with E-state index < -0.39 is 11.5 Å². The summed E-state index contributed by atoms with van der Waals surface area (Å²) in [5.41, 5.74) is -0.653. The standard InChI is InChI=1S/C24H25N3O6/c1-26-10-4-6-17(22(26)29)23(30)27-11-8-15(9-12-27)14-25-21(28)18-13-16-5-3-7-19(32-2)20(16)33-24(18)31/h3-7,10,13,15H,8-9,11-12,14H2,1-2H3,(H,25,28). The number of nitrogens with one attached hydrogen (secondary N) is 1. The molecule has 0 unspecified atom stereocenters. The number of hydrogen-bond donors (Lipinski definition) is 1. The SMILES string of the molecule is COc1cccc2cc(C(=O)NCC3CCN(C(=O)c4cccn(C)c4=O)CC3)c(=O)oc12. The molecule has 0 bridgehead atoms. The van der Waals surface area contributed by atoms with Crippen LogP contribution in [-0.2, 0) is 7.05 Å². The van der Waals surface area contributed by atoms with Gasteiger partial charge in [-0.2, -0.15) is 0 Å². The highest BCUT2D eigenvalue weighted by molar-refractivity contribution is 5.97. The second-order valence-corrected chi connectivity index (χ2v) is 8.11. The summed E-state index contributed by atoms with van der Waals surface area (Å²) in [6.45, 7) is 1.37. The van der Waals surface area contributed by atoms with Crippen molar-refractivity contribution in [3.8, 4) is 5.75 Å². The maximum atomic E-state index is 12.7. The molecular formula is C24H25N3O6. The van der Waals surface area contributed by atoms with Crippen molar-refractivity contribution in [2.45, 2.75) is 12.8 Å². The number of pyridine rings is 1. The molecule has 4 rings (SSSR count). The second-order valence-electron chi connectivity index (χ2n) is 8.11. The Morgan fingerprint density at radius 2 is 1.88 bits per heavy atom. The van der Waals surface area contributed by atoms with Crippen molar-refractivity contribution in [2.24, 2.45) is 13.0 Å². The molecule has 9 nitrogen and oxygen atoms in total. The lowest BCUT2D eigenvalue weighted by molar-refractivity contribution is 0.0682. The number of methoxy groups -OCH3 is 1. The first-order chi connectivity index (χ1) is 15.9. The molecule has 2 aromatic heterocycles. The number of likely N-dealkylation sites (tertiary alicyclic amines) is 1. The minimum Gasteiger partial charge on any atom is -0.493 e. The van der Waals surface area contributed by atoms with Gasteiger partial charge in [0.05, 0.1) is 7.11 Å². The molecule has 3 aromatic rings. The molecule has 1 aliphatic rings. The molecule has 1 fully saturated rings. The van der Waals surface area contributed by atoms with Gasteiger partial charge in [-0.15, -0.1) is 0 Å². The molecule has 0 aliphatic carbocycles. The molecule has 172 valence electrons. The second kappa shape index (κ2) is 9.32. The largest absolute Gasteiger partial charge is 0.493 e. The lowest BCUT2D eigenvalue weighted by atomic mass is 9.96. The van der Waals surface area contributed by atoms with Crippen LogP contribution in [0, 0.1) is 5.92 Å². The van der Waals surface area contributed by atoms with Crippen LogP contribution in [0.4, 0.5) is 0 Å². The first-order valence-corrected chi connectivity index (χ1v) is 10.7. The highest BCUT2D eigenvalue weighted by Crippen LogP contribution is 2.24. The van der Waals surface area contributed by atoms with Crippen LogP contribution >= 0.6 is 0 Å². The number of benzene rings is 1. The minimum absolute atomic E-state index is 0.0664. The van der Waals surface area contributed by atoms with E-state index in [9.17, 15) is 19.2 Å². The summed E-state index contributed by atoms with van der Waals surface area (Å²) in [5.74, 6) is -0.196. The Bertz CT molecular complexity index is 1320. The zero-order valence-corrected chi connectivity index (χ0v) is 18.5. The Kier molecular flexibility index (Phi) is 6.30. The Morgan fingerprint density at radius 1 is 1.12 bits per heavy atom. The van der Waals surface area contributed by atoms with Gasteiger partial charge in [0.2, 0.25) is 0 Å². The summed E-state index contributed by atoms with van der Waals surface area (Å²) in [7, 11) is 3.09. The zero-order valence-electron chi connectivity index (χ0n) is 18.5. The smallest absolute Gasteiger partial charge is 0.349 e. The quantitative estimate of drug-likeness (QED) is 0.592. The van der Waals surface area contributed by atoms with Crippen LogP contribution in [-0.4, -0.2) is 48.0 Å². The number of carbonyl (C=O) groups excluding carboxylic acids is 2. The minimum atomic E-state index is -0.727. The highest BCUT2D eigenvalue weighted by Gasteiger charge is 2.26. The third kappa shape index (κ3) is 4.52. The number of ether oxygens (including phenoxy) is 1. The van der Waals surface area contributed by atoms with E-state index in [0.717, 1.165) is 0 Å². The number of carbonyl (C=O) groups is 2. The average molecular weight is 451 g/mol. The summed E-state index contributed by atoms with van der Waals surface area (Å²) in [5, 5.41) is 3.40. The van der Waals surface area contributed by atoms with Crippen molar-refractivity contribution >= 4 is 22.8 Å². The van der Waals surface area contributed by atoms with E-state index in [1.54, 1.807) is 48.5 Å². The molecular weight excluding hydrogens is 426 g/mol. The molecule has 0 spiro atoms. The highest BCUT2D eigenvalue weighted by atomic mass is 16.5. The van der Waals surface area contributed by atoms with E-state index in [1.165, 1.54) is 17.7 Å². The van der Waals surface area contributed by atoms with Crippen LogP contribution in [0.25, 0.3) is 11.0 Å². The number of piperidine rings is 1. The summed E-state index contributed by atoms with van der Waals surface area (Å²) < 4.78 is 11.9. The fraction of sp³-hybridized carbons (Fsp3) is 0.333. The molecule has 1 saturated heterocycles. The Balaban J connectivity index is 1.36. The van der Waals surface area contributed by atoms with Gasteiger partial charge in [0.15, 0.2) is 11.3 Å². The van der Waals surface area contributed by atoms with Crippen molar-refractivity contribution in [2.75, 3.05) is 26.7 Å². The third-order valence-corrected chi connectivity index (χ3v) is 6.00. The van der Waals surface area contributed by atoms with Gasteiger partial charge in [-0.1, -0.05) is 12.1 Å². The van der Waals surface area contributed by atoms with Crippen molar-refractivity contribution in [1.82, 2.24) is 14.8 Å². The topological polar surface area (TPSA) is 111 Å². The van der Waals surface area contributed by atoms with Crippen LogP contribution < -0.4 is 21.2 Å². The number of amides is 2. The maximum absolute atomic E-state index is 12.7. The van der Waals surface area contributed by atoms with Crippen LogP contribution in [0.2, 0.25) is 0 Å². The Labute approximate surface area is 189 Å². The van der Waals surface area contributed by atoms with Gasteiger partial charge < -0.3 is 23.9 Å². The molecule has 0 saturated carbocycles.